The fourth-order valence-electron chi connectivity index (χ4n) is 1.92. The highest BCUT2D eigenvalue weighted by Crippen LogP contribution is 2.19. The summed E-state index contributed by atoms with van der Waals surface area (Å²) in [5, 5.41) is 13.6. The summed E-state index contributed by atoms with van der Waals surface area (Å²) in [6, 6.07) is 8.19. The highest BCUT2D eigenvalue weighted by atomic mass is 32.1. The molecule has 2 heterocycles. The summed E-state index contributed by atoms with van der Waals surface area (Å²) in [6.07, 6.45) is 0.792. The van der Waals surface area contributed by atoms with E-state index in [9.17, 15) is 0 Å². The molecule has 0 atom stereocenters. The van der Waals surface area contributed by atoms with E-state index in [2.05, 4.69) is 27.4 Å². The largest absolute Gasteiger partial charge is 0.326 e. The zero-order valence-corrected chi connectivity index (χ0v) is 10.8. The standard InChI is InChI=1S/C12H13N5S/c1-8-14-15-12-17(8)16-11(18-12)6-9-4-2-3-5-10(9)7-13/h2-5H,6-7,13H2,1H3. The maximum absolute atomic E-state index is 5.74. The molecule has 0 aliphatic heterocycles. The lowest BCUT2D eigenvalue weighted by atomic mass is 10.1. The molecule has 0 fully saturated rings. The van der Waals surface area contributed by atoms with E-state index in [-0.39, 0.29) is 0 Å². The van der Waals surface area contributed by atoms with Crippen LogP contribution in [0.2, 0.25) is 0 Å². The monoisotopic (exact) mass is 259 g/mol. The first-order valence-electron chi connectivity index (χ1n) is 5.72. The lowest BCUT2D eigenvalue weighted by Crippen LogP contribution is -2.02. The Bertz CT molecular complexity index is 685. The average Bonchev–Trinajstić information content (AvgIpc) is 2.93. The molecule has 2 aromatic heterocycles. The van der Waals surface area contributed by atoms with E-state index in [0.717, 1.165) is 22.2 Å². The van der Waals surface area contributed by atoms with Crippen molar-refractivity contribution in [1.29, 1.82) is 0 Å². The lowest BCUT2D eigenvalue weighted by Gasteiger charge is -2.04. The first-order chi connectivity index (χ1) is 8.78. The number of rotatable bonds is 3. The molecule has 0 amide bonds. The quantitative estimate of drug-likeness (QED) is 0.774. The summed E-state index contributed by atoms with van der Waals surface area (Å²) in [5.74, 6) is 0.819. The minimum absolute atomic E-state index is 0.555. The van der Waals surface area contributed by atoms with E-state index in [1.54, 1.807) is 15.9 Å². The first-order valence-corrected chi connectivity index (χ1v) is 6.54. The van der Waals surface area contributed by atoms with Crippen LogP contribution in [-0.2, 0) is 13.0 Å². The highest BCUT2D eigenvalue weighted by Gasteiger charge is 2.10. The van der Waals surface area contributed by atoms with Crippen LogP contribution >= 0.6 is 11.3 Å². The van der Waals surface area contributed by atoms with Gasteiger partial charge in [-0.25, -0.2) is 0 Å². The van der Waals surface area contributed by atoms with Gasteiger partial charge in [0.25, 0.3) is 0 Å². The van der Waals surface area contributed by atoms with Crippen molar-refractivity contribution in [1.82, 2.24) is 19.8 Å². The Hall–Kier alpha value is -1.79. The van der Waals surface area contributed by atoms with Gasteiger partial charge in [-0.3, -0.25) is 0 Å². The minimum Gasteiger partial charge on any atom is -0.326 e. The number of benzene rings is 1. The first kappa shape index (κ1) is 11.3. The fourth-order valence-corrected chi connectivity index (χ4v) is 2.82. The van der Waals surface area contributed by atoms with E-state index >= 15 is 0 Å². The van der Waals surface area contributed by atoms with Crippen molar-refractivity contribution in [3.8, 4) is 0 Å². The van der Waals surface area contributed by atoms with Crippen molar-refractivity contribution in [3.05, 3.63) is 46.2 Å². The second-order valence-electron chi connectivity index (χ2n) is 4.09. The molecule has 0 aliphatic rings. The number of aromatic nitrogens is 4. The zero-order chi connectivity index (χ0) is 12.5. The van der Waals surface area contributed by atoms with E-state index in [0.29, 0.717) is 6.54 Å². The third kappa shape index (κ3) is 1.89. The molecule has 0 saturated heterocycles. The Morgan fingerprint density at radius 2 is 2.00 bits per heavy atom. The number of hydrogen-bond acceptors (Lipinski definition) is 5. The number of nitrogens with zero attached hydrogens (tertiary/aromatic N) is 4. The predicted molar refractivity (Wildman–Crippen MR) is 70.5 cm³/mol. The van der Waals surface area contributed by atoms with Gasteiger partial charge in [0.15, 0.2) is 5.82 Å². The van der Waals surface area contributed by atoms with Gasteiger partial charge in [0.05, 0.1) is 0 Å². The molecule has 6 heteroatoms. The summed E-state index contributed by atoms with van der Waals surface area (Å²) >= 11 is 1.57. The van der Waals surface area contributed by atoms with Gasteiger partial charge in [-0.1, -0.05) is 35.6 Å². The normalized spacial score (nSPS) is 11.2. The summed E-state index contributed by atoms with van der Waals surface area (Å²) in [7, 11) is 0. The lowest BCUT2D eigenvalue weighted by molar-refractivity contribution is 0.860. The van der Waals surface area contributed by atoms with E-state index in [1.165, 1.54) is 11.1 Å². The van der Waals surface area contributed by atoms with Gasteiger partial charge in [-0.15, -0.1) is 10.2 Å². The molecule has 18 heavy (non-hydrogen) atoms. The maximum atomic E-state index is 5.74. The van der Waals surface area contributed by atoms with Crippen molar-refractivity contribution >= 4 is 16.3 Å². The third-order valence-electron chi connectivity index (χ3n) is 2.87. The van der Waals surface area contributed by atoms with Gasteiger partial charge < -0.3 is 5.73 Å². The maximum Gasteiger partial charge on any atom is 0.234 e. The van der Waals surface area contributed by atoms with Crippen LogP contribution in [0.15, 0.2) is 24.3 Å². The Labute approximate surface area is 108 Å². The number of hydrogen-bond donors (Lipinski definition) is 1. The molecule has 3 aromatic rings. The van der Waals surface area contributed by atoms with Gasteiger partial charge in [0.1, 0.15) is 5.01 Å². The fraction of sp³-hybridized carbons (Fsp3) is 0.250. The van der Waals surface area contributed by atoms with Crippen molar-refractivity contribution in [2.24, 2.45) is 5.73 Å². The van der Waals surface area contributed by atoms with Crippen LogP contribution in [0.25, 0.3) is 4.96 Å². The van der Waals surface area contributed by atoms with Crippen LogP contribution in [0.4, 0.5) is 0 Å². The Morgan fingerprint density at radius 3 is 2.72 bits per heavy atom. The molecule has 2 N–H and O–H groups in total. The zero-order valence-electron chi connectivity index (χ0n) is 10.00. The second kappa shape index (κ2) is 4.47. The van der Waals surface area contributed by atoms with Crippen LogP contribution in [0, 0.1) is 6.92 Å². The van der Waals surface area contributed by atoms with Gasteiger partial charge >= 0.3 is 0 Å². The van der Waals surface area contributed by atoms with Crippen LogP contribution < -0.4 is 5.73 Å². The van der Waals surface area contributed by atoms with Crippen LogP contribution in [0.5, 0.6) is 0 Å². The molecule has 0 bridgehead atoms. The number of fused-ring (bicyclic) bond motifs is 1. The molecule has 92 valence electrons. The molecule has 0 aliphatic carbocycles. The number of nitrogens with two attached hydrogens (primary N) is 1. The van der Waals surface area contributed by atoms with Crippen molar-refractivity contribution in [2.75, 3.05) is 0 Å². The van der Waals surface area contributed by atoms with Crippen LogP contribution in [0.3, 0.4) is 0 Å². The second-order valence-corrected chi connectivity index (χ2v) is 5.13. The molecular formula is C12H13N5S. The number of aryl methyl sites for hydroxylation is 1. The third-order valence-corrected chi connectivity index (χ3v) is 3.77. The van der Waals surface area contributed by atoms with Crippen LogP contribution in [0.1, 0.15) is 22.0 Å². The van der Waals surface area contributed by atoms with E-state index in [1.807, 2.05) is 19.1 Å². The molecule has 0 unspecified atom stereocenters. The summed E-state index contributed by atoms with van der Waals surface area (Å²) < 4.78 is 1.78. The van der Waals surface area contributed by atoms with Crippen molar-refractivity contribution in [3.63, 3.8) is 0 Å². The van der Waals surface area contributed by atoms with Gasteiger partial charge in [-0.2, -0.15) is 9.61 Å². The average molecular weight is 259 g/mol. The topological polar surface area (TPSA) is 69.1 Å². The molecule has 0 spiro atoms. The minimum atomic E-state index is 0.555. The van der Waals surface area contributed by atoms with Gasteiger partial charge in [0.2, 0.25) is 4.96 Å². The summed E-state index contributed by atoms with van der Waals surface area (Å²) in [6.45, 7) is 2.45. The molecule has 0 radical (unpaired) electrons. The van der Waals surface area contributed by atoms with E-state index < -0.39 is 0 Å². The Kier molecular flexibility index (Phi) is 2.81. The highest BCUT2D eigenvalue weighted by molar-refractivity contribution is 7.16. The summed E-state index contributed by atoms with van der Waals surface area (Å²) in [4.78, 5) is 0.840. The summed E-state index contributed by atoms with van der Waals surface area (Å²) in [5.41, 5.74) is 8.13. The van der Waals surface area contributed by atoms with Crippen molar-refractivity contribution in [2.45, 2.75) is 19.9 Å². The van der Waals surface area contributed by atoms with Gasteiger partial charge in [0, 0.05) is 13.0 Å². The smallest absolute Gasteiger partial charge is 0.234 e. The molecule has 3 rings (SSSR count). The van der Waals surface area contributed by atoms with E-state index in [4.69, 9.17) is 5.73 Å². The van der Waals surface area contributed by atoms with Crippen LogP contribution in [-0.4, -0.2) is 19.8 Å². The van der Waals surface area contributed by atoms with Gasteiger partial charge in [-0.05, 0) is 18.1 Å². The predicted octanol–water partition coefficient (Wildman–Crippen LogP) is 1.54. The molecule has 5 nitrogen and oxygen atoms in total. The SMILES string of the molecule is Cc1nnc2sc(Cc3ccccc3CN)nn12. The molecular weight excluding hydrogens is 246 g/mol. The molecule has 1 aromatic carbocycles. The Morgan fingerprint density at radius 1 is 1.22 bits per heavy atom. The van der Waals surface area contributed by atoms with Crippen molar-refractivity contribution < 1.29 is 0 Å². The Balaban J connectivity index is 1.96. The molecule has 0 saturated carbocycles.